The number of halogens is 1. The quantitative estimate of drug-likeness (QED) is 0.531. The number of ether oxygens (including phenoxy) is 2. The predicted molar refractivity (Wildman–Crippen MR) is 51.1 cm³/mol. The first-order chi connectivity index (χ1) is 5.35. The van der Waals surface area contributed by atoms with Gasteiger partial charge in [0.25, 0.3) is 0 Å². The molecule has 0 radical (unpaired) electrons. The summed E-state index contributed by atoms with van der Waals surface area (Å²) < 4.78 is 12.2. The SMILES string of the molecule is IC[C@H]1C[C@@]2(CCOC2)CO1. The van der Waals surface area contributed by atoms with E-state index in [1.807, 2.05) is 0 Å². The van der Waals surface area contributed by atoms with Gasteiger partial charge in [0.05, 0.1) is 19.3 Å². The number of hydrogen-bond acceptors (Lipinski definition) is 2. The topological polar surface area (TPSA) is 18.5 Å². The minimum atomic E-state index is 0.413. The molecular formula is C8H13IO2. The average molecular weight is 268 g/mol. The molecule has 0 aliphatic carbocycles. The minimum Gasteiger partial charge on any atom is -0.381 e. The smallest absolute Gasteiger partial charge is 0.0671 e. The number of rotatable bonds is 1. The molecule has 64 valence electrons. The Bertz CT molecular complexity index is 143. The van der Waals surface area contributed by atoms with Crippen molar-refractivity contribution in [1.29, 1.82) is 0 Å². The molecule has 2 atom stereocenters. The fourth-order valence-electron chi connectivity index (χ4n) is 1.92. The van der Waals surface area contributed by atoms with E-state index in [0.717, 1.165) is 24.2 Å². The molecule has 0 N–H and O–H groups in total. The highest BCUT2D eigenvalue weighted by Crippen LogP contribution is 2.40. The molecule has 0 unspecified atom stereocenters. The summed E-state index contributed by atoms with van der Waals surface area (Å²) in [6.45, 7) is 2.80. The fraction of sp³-hybridized carbons (Fsp3) is 1.00. The summed E-state index contributed by atoms with van der Waals surface area (Å²) in [7, 11) is 0. The lowest BCUT2D eigenvalue weighted by atomic mass is 9.85. The van der Waals surface area contributed by atoms with Gasteiger partial charge >= 0.3 is 0 Å². The molecule has 2 nitrogen and oxygen atoms in total. The van der Waals surface area contributed by atoms with Crippen LogP contribution in [0.1, 0.15) is 12.8 Å². The molecule has 2 saturated heterocycles. The van der Waals surface area contributed by atoms with Crippen molar-refractivity contribution in [1.82, 2.24) is 0 Å². The Morgan fingerprint density at radius 3 is 2.91 bits per heavy atom. The van der Waals surface area contributed by atoms with Gasteiger partial charge in [-0.25, -0.2) is 0 Å². The first-order valence-corrected chi connectivity index (χ1v) is 5.63. The van der Waals surface area contributed by atoms with Crippen molar-refractivity contribution in [2.75, 3.05) is 24.2 Å². The van der Waals surface area contributed by atoms with E-state index in [-0.39, 0.29) is 0 Å². The van der Waals surface area contributed by atoms with Crippen LogP contribution in [0.3, 0.4) is 0 Å². The van der Waals surface area contributed by atoms with Gasteiger partial charge in [-0.3, -0.25) is 0 Å². The van der Waals surface area contributed by atoms with Crippen LogP contribution in [0, 0.1) is 5.41 Å². The maximum absolute atomic E-state index is 5.65. The Morgan fingerprint density at radius 1 is 1.45 bits per heavy atom. The van der Waals surface area contributed by atoms with Gasteiger partial charge in [0.1, 0.15) is 0 Å². The highest BCUT2D eigenvalue weighted by atomic mass is 127. The summed E-state index contributed by atoms with van der Waals surface area (Å²) in [6.07, 6.45) is 2.92. The highest BCUT2D eigenvalue weighted by Gasteiger charge is 2.42. The van der Waals surface area contributed by atoms with Gasteiger partial charge in [0, 0.05) is 16.4 Å². The molecule has 1 spiro atoms. The van der Waals surface area contributed by atoms with Crippen molar-refractivity contribution in [3.63, 3.8) is 0 Å². The molecule has 0 aromatic heterocycles. The maximum atomic E-state index is 5.65. The van der Waals surface area contributed by atoms with Crippen molar-refractivity contribution in [3.8, 4) is 0 Å². The molecule has 2 heterocycles. The zero-order chi connectivity index (χ0) is 7.73. The van der Waals surface area contributed by atoms with Crippen molar-refractivity contribution >= 4 is 22.6 Å². The normalized spacial score (nSPS) is 43.9. The zero-order valence-corrected chi connectivity index (χ0v) is 8.67. The van der Waals surface area contributed by atoms with E-state index < -0.39 is 0 Å². The predicted octanol–water partition coefficient (Wildman–Crippen LogP) is 1.62. The molecule has 2 fully saturated rings. The second kappa shape index (κ2) is 3.18. The lowest BCUT2D eigenvalue weighted by Gasteiger charge is -2.17. The van der Waals surface area contributed by atoms with E-state index >= 15 is 0 Å². The van der Waals surface area contributed by atoms with Crippen LogP contribution in [0.2, 0.25) is 0 Å². The summed E-state index contributed by atoms with van der Waals surface area (Å²) in [5.41, 5.74) is 0.413. The van der Waals surface area contributed by atoms with Crippen LogP contribution in [0.15, 0.2) is 0 Å². The van der Waals surface area contributed by atoms with Crippen molar-refractivity contribution < 1.29 is 9.47 Å². The third-order valence-electron chi connectivity index (χ3n) is 2.64. The summed E-state index contributed by atoms with van der Waals surface area (Å²) in [5, 5.41) is 0. The summed E-state index contributed by atoms with van der Waals surface area (Å²) >= 11 is 2.39. The minimum absolute atomic E-state index is 0.413. The second-order valence-corrected chi connectivity index (χ2v) is 4.47. The van der Waals surface area contributed by atoms with E-state index in [9.17, 15) is 0 Å². The first kappa shape index (κ1) is 8.26. The molecular weight excluding hydrogens is 255 g/mol. The highest BCUT2D eigenvalue weighted by molar-refractivity contribution is 14.1. The molecule has 2 rings (SSSR count). The standard InChI is InChI=1S/C8H13IO2/c9-4-7-3-8(6-11-7)1-2-10-5-8/h7H,1-6H2/t7-,8-/m1/s1. The van der Waals surface area contributed by atoms with Crippen LogP contribution in [0.4, 0.5) is 0 Å². The zero-order valence-electron chi connectivity index (χ0n) is 6.51. The van der Waals surface area contributed by atoms with Gasteiger partial charge in [-0.1, -0.05) is 22.6 Å². The van der Waals surface area contributed by atoms with Crippen molar-refractivity contribution in [3.05, 3.63) is 0 Å². The molecule has 3 heteroatoms. The molecule has 0 aromatic carbocycles. The van der Waals surface area contributed by atoms with Gasteiger partial charge < -0.3 is 9.47 Å². The molecule has 0 amide bonds. The largest absolute Gasteiger partial charge is 0.381 e. The van der Waals surface area contributed by atoms with Crippen LogP contribution in [-0.4, -0.2) is 30.4 Å². The average Bonchev–Trinajstić information content (AvgIpc) is 2.62. The van der Waals surface area contributed by atoms with E-state index in [1.165, 1.54) is 12.8 Å². The fourth-order valence-corrected chi connectivity index (χ4v) is 2.48. The molecule has 0 aromatic rings. The Kier molecular flexibility index (Phi) is 2.39. The Morgan fingerprint density at radius 2 is 2.36 bits per heavy atom. The third kappa shape index (κ3) is 1.55. The monoisotopic (exact) mass is 268 g/mol. The van der Waals surface area contributed by atoms with E-state index in [0.29, 0.717) is 11.5 Å². The van der Waals surface area contributed by atoms with Crippen LogP contribution in [0.25, 0.3) is 0 Å². The first-order valence-electron chi connectivity index (χ1n) is 4.10. The van der Waals surface area contributed by atoms with Crippen LogP contribution in [0.5, 0.6) is 0 Å². The van der Waals surface area contributed by atoms with E-state index in [2.05, 4.69) is 22.6 Å². The molecule has 2 aliphatic heterocycles. The van der Waals surface area contributed by atoms with Gasteiger partial charge in [-0.2, -0.15) is 0 Å². The molecule has 0 bridgehead atoms. The summed E-state index contributed by atoms with van der Waals surface area (Å²) in [4.78, 5) is 0. The Hall–Kier alpha value is 0.650. The van der Waals surface area contributed by atoms with Gasteiger partial charge in [0.15, 0.2) is 0 Å². The van der Waals surface area contributed by atoms with Gasteiger partial charge in [0.2, 0.25) is 0 Å². The molecule has 0 saturated carbocycles. The lowest BCUT2D eigenvalue weighted by Crippen LogP contribution is -2.21. The Balaban J connectivity index is 1.96. The van der Waals surface area contributed by atoms with Crippen molar-refractivity contribution in [2.45, 2.75) is 18.9 Å². The third-order valence-corrected chi connectivity index (χ3v) is 3.63. The lowest BCUT2D eigenvalue weighted by molar-refractivity contribution is 0.0993. The van der Waals surface area contributed by atoms with Crippen LogP contribution < -0.4 is 0 Å². The molecule has 11 heavy (non-hydrogen) atoms. The van der Waals surface area contributed by atoms with Gasteiger partial charge in [-0.15, -0.1) is 0 Å². The van der Waals surface area contributed by atoms with E-state index in [1.54, 1.807) is 0 Å². The second-order valence-electron chi connectivity index (χ2n) is 3.59. The summed E-state index contributed by atoms with van der Waals surface area (Å²) in [6, 6.07) is 0. The number of alkyl halides is 1. The van der Waals surface area contributed by atoms with Crippen molar-refractivity contribution in [2.24, 2.45) is 5.41 Å². The Labute approximate surface area is 80.8 Å². The molecule has 2 aliphatic rings. The van der Waals surface area contributed by atoms with E-state index in [4.69, 9.17) is 9.47 Å². The maximum Gasteiger partial charge on any atom is 0.0671 e. The van der Waals surface area contributed by atoms with Crippen LogP contribution >= 0.6 is 22.6 Å². The van der Waals surface area contributed by atoms with Crippen LogP contribution in [-0.2, 0) is 9.47 Å². The summed E-state index contributed by atoms with van der Waals surface area (Å²) in [5.74, 6) is 0. The van der Waals surface area contributed by atoms with Gasteiger partial charge in [-0.05, 0) is 12.8 Å². The number of hydrogen-bond donors (Lipinski definition) is 0.